The third kappa shape index (κ3) is 1.20. The molecule has 13 heavy (non-hydrogen) atoms. The lowest BCUT2D eigenvalue weighted by Gasteiger charge is -2.06. The Labute approximate surface area is 76.9 Å². The summed E-state index contributed by atoms with van der Waals surface area (Å²) < 4.78 is 5.17. The summed E-state index contributed by atoms with van der Waals surface area (Å²) in [7, 11) is 1.60. The van der Waals surface area contributed by atoms with Gasteiger partial charge in [-0.25, -0.2) is 0 Å². The normalized spacial score (nSPS) is 10.2. The van der Waals surface area contributed by atoms with E-state index >= 15 is 0 Å². The molecule has 2 aromatic rings. The van der Waals surface area contributed by atoms with Crippen LogP contribution in [0.15, 0.2) is 36.4 Å². The van der Waals surface area contributed by atoms with Crippen LogP contribution in [0.25, 0.3) is 10.8 Å². The van der Waals surface area contributed by atoms with Crippen molar-refractivity contribution in [2.75, 3.05) is 7.11 Å². The first-order chi connectivity index (χ1) is 6.33. The molecular formula is C11H10NO. The van der Waals surface area contributed by atoms with Crippen LogP contribution < -0.4 is 10.5 Å². The lowest BCUT2D eigenvalue weighted by Crippen LogP contribution is -1.86. The summed E-state index contributed by atoms with van der Waals surface area (Å²) in [6, 6.07) is 11.6. The highest BCUT2D eigenvalue weighted by atomic mass is 16.5. The number of hydrogen-bond acceptors (Lipinski definition) is 1. The number of rotatable bonds is 1. The van der Waals surface area contributed by atoms with Gasteiger partial charge in [-0.15, -0.1) is 0 Å². The first-order valence-electron chi connectivity index (χ1n) is 4.10. The van der Waals surface area contributed by atoms with Gasteiger partial charge in [-0.3, -0.25) is 5.73 Å². The monoisotopic (exact) mass is 172 g/mol. The molecule has 0 saturated carbocycles. The van der Waals surface area contributed by atoms with E-state index in [2.05, 4.69) is 0 Å². The van der Waals surface area contributed by atoms with Gasteiger partial charge in [0.15, 0.2) is 5.75 Å². The van der Waals surface area contributed by atoms with Gasteiger partial charge in [0.25, 0.3) is 0 Å². The van der Waals surface area contributed by atoms with Crippen LogP contribution in [0.4, 0.5) is 5.69 Å². The van der Waals surface area contributed by atoms with E-state index in [1.54, 1.807) is 13.2 Å². The maximum absolute atomic E-state index is 7.63. The molecule has 0 atom stereocenters. The summed E-state index contributed by atoms with van der Waals surface area (Å²) in [4.78, 5) is 0. The molecule has 0 fully saturated rings. The largest absolute Gasteiger partial charge is 0.494 e. The molecule has 0 saturated heterocycles. The van der Waals surface area contributed by atoms with Gasteiger partial charge in [-0.05, 0) is 11.5 Å². The number of fused-ring (bicyclic) bond motifs is 1. The number of benzene rings is 2. The zero-order chi connectivity index (χ0) is 9.26. The number of ether oxygens (including phenoxy) is 1. The molecule has 0 aliphatic carbocycles. The van der Waals surface area contributed by atoms with E-state index in [9.17, 15) is 0 Å². The van der Waals surface area contributed by atoms with Crippen LogP contribution >= 0.6 is 0 Å². The van der Waals surface area contributed by atoms with Crippen LogP contribution in [-0.4, -0.2) is 7.11 Å². The van der Waals surface area contributed by atoms with Gasteiger partial charge in [-0.2, -0.15) is 0 Å². The van der Waals surface area contributed by atoms with Crippen molar-refractivity contribution in [1.29, 1.82) is 0 Å². The van der Waals surface area contributed by atoms with Crippen LogP contribution in [0.5, 0.6) is 5.75 Å². The van der Waals surface area contributed by atoms with Crippen LogP contribution in [0, 0.1) is 0 Å². The second-order valence-electron chi connectivity index (χ2n) is 2.87. The molecule has 0 spiro atoms. The molecule has 0 unspecified atom stereocenters. The minimum Gasteiger partial charge on any atom is -0.494 e. The van der Waals surface area contributed by atoms with E-state index in [4.69, 9.17) is 10.5 Å². The summed E-state index contributed by atoms with van der Waals surface area (Å²) in [6.45, 7) is 0. The first-order valence-corrected chi connectivity index (χ1v) is 4.10. The molecule has 2 nitrogen and oxygen atoms in total. The molecule has 0 aromatic heterocycles. The Morgan fingerprint density at radius 1 is 1.08 bits per heavy atom. The average Bonchev–Trinajstić information content (AvgIpc) is 2.18. The van der Waals surface area contributed by atoms with E-state index in [-0.39, 0.29) is 0 Å². The summed E-state index contributed by atoms with van der Waals surface area (Å²) in [5.74, 6) is 0.651. The minimum absolute atomic E-state index is 0.432. The van der Waals surface area contributed by atoms with Gasteiger partial charge < -0.3 is 4.74 Å². The molecule has 0 heterocycles. The van der Waals surface area contributed by atoms with Crippen molar-refractivity contribution in [2.45, 2.75) is 0 Å². The molecular weight excluding hydrogens is 162 g/mol. The zero-order valence-corrected chi connectivity index (χ0v) is 7.37. The number of nitrogens with one attached hydrogen (secondary N) is 1. The van der Waals surface area contributed by atoms with E-state index in [1.807, 2.05) is 30.3 Å². The van der Waals surface area contributed by atoms with Crippen molar-refractivity contribution in [3.05, 3.63) is 36.4 Å². The Kier molecular flexibility index (Phi) is 1.81. The van der Waals surface area contributed by atoms with Crippen LogP contribution in [0.2, 0.25) is 0 Å². The van der Waals surface area contributed by atoms with Crippen molar-refractivity contribution < 1.29 is 4.74 Å². The third-order valence-electron chi connectivity index (χ3n) is 2.08. The molecule has 0 aliphatic heterocycles. The van der Waals surface area contributed by atoms with Crippen molar-refractivity contribution in [3.63, 3.8) is 0 Å². The topological polar surface area (TPSA) is 33.0 Å². The van der Waals surface area contributed by atoms with E-state index < -0.39 is 0 Å². The average molecular weight is 172 g/mol. The Morgan fingerprint density at radius 3 is 2.62 bits per heavy atom. The van der Waals surface area contributed by atoms with Gasteiger partial charge in [0, 0.05) is 5.39 Å². The molecule has 2 rings (SSSR count). The summed E-state index contributed by atoms with van der Waals surface area (Å²) in [6.07, 6.45) is 0. The van der Waals surface area contributed by atoms with Crippen LogP contribution in [-0.2, 0) is 0 Å². The molecule has 0 bridgehead atoms. The van der Waals surface area contributed by atoms with E-state index in [0.29, 0.717) is 11.4 Å². The highest BCUT2D eigenvalue weighted by molar-refractivity contribution is 5.92. The predicted molar refractivity (Wildman–Crippen MR) is 53.3 cm³/mol. The lowest BCUT2D eigenvalue weighted by molar-refractivity contribution is 0.421. The second kappa shape index (κ2) is 2.98. The molecule has 1 N–H and O–H groups in total. The Balaban J connectivity index is 2.84. The third-order valence-corrected chi connectivity index (χ3v) is 2.08. The van der Waals surface area contributed by atoms with Crippen LogP contribution in [0.3, 0.4) is 0 Å². The lowest BCUT2D eigenvalue weighted by atomic mass is 10.1. The maximum atomic E-state index is 7.63. The van der Waals surface area contributed by atoms with Gasteiger partial charge in [0.2, 0.25) is 0 Å². The maximum Gasteiger partial charge on any atom is 0.151 e. The fourth-order valence-electron chi connectivity index (χ4n) is 1.46. The van der Waals surface area contributed by atoms with Gasteiger partial charge >= 0.3 is 0 Å². The highest BCUT2D eigenvalue weighted by Gasteiger charge is 2.04. The summed E-state index contributed by atoms with van der Waals surface area (Å²) >= 11 is 0. The standard InChI is InChI=1S/C11H10NO/c1-13-11-9-5-3-2-4-8(9)6-7-10(11)12/h2-7,12H,1H3. The van der Waals surface area contributed by atoms with E-state index in [0.717, 1.165) is 10.8 Å². The summed E-state index contributed by atoms with van der Waals surface area (Å²) in [5, 5.41) is 2.10. The predicted octanol–water partition coefficient (Wildman–Crippen LogP) is 2.76. The number of hydrogen-bond donors (Lipinski definition) is 0. The van der Waals surface area contributed by atoms with Gasteiger partial charge in [-0.1, -0.05) is 30.3 Å². The first kappa shape index (κ1) is 7.92. The van der Waals surface area contributed by atoms with Crippen molar-refractivity contribution in [3.8, 4) is 5.75 Å². The van der Waals surface area contributed by atoms with Crippen molar-refractivity contribution in [1.82, 2.24) is 5.73 Å². The fraction of sp³-hybridized carbons (Fsp3) is 0.0909. The summed E-state index contributed by atoms with van der Waals surface area (Å²) in [5.41, 5.74) is 8.06. The quantitative estimate of drug-likeness (QED) is 0.651. The SMILES string of the molecule is COc1c([NH])ccc2ccccc12. The highest BCUT2D eigenvalue weighted by Crippen LogP contribution is 2.31. The van der Waals surface area contributed by atoms with Crippen molar-refractivity contribution in [2.24, 2.45) is 0 Å². The smallest absolute Gasteiger partial charge is 0.151 e. The van der Waals surface area contributed by atoms with E-state index in [1.165, 1.54) is 0 Å². The second-order valence-corrected chi connectivity index (χ2v) is 2.87. The van der Waals surface area contributed by atoms with Crippen LogP contribution in [0.1, 0.15) is 0 Å². The van der Waals surface area contributed by atoms with Crippen molar-refractivity contribution >= 4 is 16.5 Å². The molecule has 0 amide bonds. The van der Waals surface area contributed by atoms with Gasteiger partial charge in [0.05, 0.1) is 12.8 Å². The number of methoxy groups -OCH3 is 1. The fourth-order valence-corrected chi connectivity index (χ4v) is 1.46. The zero-order valence-electron chi connectivity index (χ0n) is 7.37. The molecule has 2 aromatic carbocycles. The molecule has 1 radical (unpaired) electrons. The molecule has 2 heteroatoms. The molecule has 65 valence electrons. The Bertz CT molecular complexity index is 437. The minimum atomic E-state index is 0.432. The Morgan fingerprint density at radius 2 is 1.85 bits per heavy atom. The molecule has 0 aliphatic rings. The Hall–Kier alpha value is -1.70. The van der Waals surface area contributed by atoms with Gasteiger partial charge in [0.1, 0.15) is 0 Å².